The first-order chi connectivity index (χ1) is 18.1. The van der Waals surface area contributed by atoms with Gasteiger partial charge in [0.05, 0.1) is 6.26 Å². The molecule has 1 saturated carbocycles. The number of piperazine rings is 1. The summed E-state index contributed by atoms with van der Waals surface area (Å²) in [5.41, 5.74) is 8.23. The number of aromatic nitrogens is 1. The van der Waals surface area contributed by atoms with Crippen LogP contribution in [0.25, 0.3) is 0 Å². The smallest absolute Gasteiger partial charge is 0.270 e. The molecule has 3 N–H and O–H groups in total. The maximum Gasteiger partial charge on any atom is 0.270 e. The van der Waals surface area contributed by atoms with Gasteiger partial charge in [0.25, 0.3) is 5.91 Å². The summed E-state index contributed by atoms with van der Waals surface area (Å²) in [6.07, 6.45) is 10.5. The summed E-state index contributed by atoms with van der Waals surface area (Å²) in [6.45, 7) is 7.14. The minimum Gasteiger partial charge on any atom is -0.404 e. The largest absolute Gasteiger partial charge is 0.404 e. The van der Waals surface area contributed by atoms with Gasteiger partial charge in [-0.3, -0.25) is 9.69 Å². The van der Waals surface area contributed by atoms with Crippen molar-refractivity contribution in [2.75, 3.05) is 51.8 Å². The first-order valence-corrected chi connectivity index (χ1v) is 14.7. The lowest BCUT2D eigenvalue weighted by molar-refractivity contribution is -0.126. The molecule has 2 aliphatic heterocycles. The van der Waals surface area contributed by atoms with Gasteiger partial charge in [0.1, 0.15) is 23.2 Å². The number of aliphatic imine (C=N–C) groups is 1. The highest BCUT2D eigenvalue weighted by Gasteiger charge is 2.37. The van der Waals surface area contributed by atoms with Crippen LogP contribution in [-0.4, -0.2) is 96.7 Å². The minimum absolute atomic E-state index is 0.0880. The normalized spacial score (nSPS) is 21.8. The zero-order chi connectivity index (χ0) is 27.4. The van der Waals surface area contributed by atoms with Gasteiger partial charge in [-0.2, -0.15) is 4.31 Å². The first kappa shape index (κ1) is 27.8. The summed E-state index contributed by atoms with van der Waals surface area (Å²) >= 11 is 0. The number of sulfonamides is 1. The molecule has 38 heavy (non-hydrogen) atoms. The molecule has 0 spiro atoms. The van der Waals surface area contributed by atoms with E-state index in [-0.39, 0.29) is 11.9 Å². The fourth-order valence-corrected chi connectivity index (χ4v) is 5.90. The van der Waals surface area contributed by atoms with E-state index in [9.17, 15) is 13.2 Å². The monoisotopic (exact) mass is 542 g/mol. The average molecular weight is 543 g/mol. The second kappa shape index (κ2) is 11.7. The van der Waals surface area contributed by atoms with Gasteiger partial charge in [-0.25, -0.2) is 18.4 Å². The molecule has 206 valence electrons. The van der Waals surface area contributed by atoms with E-state index in [0.717, 1.165) is 31.2 Å². The van der Waals surface area contributed by atoms with E-state index in [4.69, 9.17) is 10.7 Å². The molecule has 2 fully saturated rings. The van der Waals surface area contributed by atoms with Crippen molar-refractivity contribution in [1.82, 2.24) is 24.0 Å². The Bertz CT molecular complexity index is 1240. The molecule has 4 rings (SSSR count). The molecule has 0 radical (unpaired) electrons. The van der Waals surface area contributed by atoms with Crippen molar-refractivity contribution < 1.29 is 13.2 Å². The summed E-state index contributed by atoms with van der Waals surface area (Å²) in [5.74, 6) is 1.53. The van der Waals surface area contributed by atoms with Gasteiger partial charge >= 0.3 is 0 Å². The predicted molar refractivity (Wildman–Crippen MR) is 149 cm³/mol. The van der Waals surface area contributed by atoms with Crippen LogP contribution in [-0.2, 0) is 21.4 Å². The van der Waals surface area contributed by atoms with E-state index in [2.05, 4.69) is 21.8 Å². The van der Waals surface area contributed by atoms with E-state index >= 15 is 0 Å². The van der Waals surface area contributed by atoms with E-state index < -0.39 is 10.0 Å². The Morgan fingerprint density at radius 1 is 1.24 bits per heavy atom. The van der Waals surface area contributed by atoms with Gasteiger partial charge in [-0.15, -0.1) is 0 Å². The molecule has 3 heterocycles. The summed E-state index contributed by atoms with van der Waals surface area (Å²) in [4.78, 5) is 28.0. The molecule has 1 amide bonds. The third-order valence-electron chi connectivity index (χ3n) is 7.08. The number of carbonyl (C=O) groups excluding carboxylic acids is 1. The summed E-state index contributed by atoms with van der Waals surface area (Å²) in [5, 5.41) is 3.15. The predicted octanol–water partition coefficient (Wildman–Crippen LogP) is 1.51. The second-order valence-electron chi connectivity index (χ2n) is 10.2. The van der Waals surface area contributed by atoms with Crippen LogP contribution >= 0.6 is 0 Å². The molecule has 0 unspecified atom stereocenters. The van der Waals surface area contributed by atoms with Crippen LogP contribution < -0.4 is 11.1 Å². The molecule has 1 aromatic rings. The van der Waals surface area contributed by atoms with Crippen molar-refractivity contribution in [3.05, 3.63) is 59.8 Å². The second-order valence-corrected chi connectivity index (χ2v) is 12.1. The van der Waals surface area contributed by atoms with Gasteiger partial charge in [-0.1, -0.05) is 25.5 Å². The molecular formula is C26H38N8O3S. The van der Waals surface area contributed by atoms with Gasteiger partial charge in [0.15, 0.2) is 0 Å². The Morgan fingerprint density at radius 3 is 2.47 bits per heavy atom. The van der Waals surface area contributed by atoms with Crippen LogP contribution in [0.15, 0.2) is 59.3 Å². The van der Waals surface area contributed by atoms with Crippen molar-refractivity contribution in [3.8, 4) is 0 Å². The number of hydrogen-bond acceptors (Lipinski definition) is 8. The standard InChI is InChI=1S/C26H38N8O3S/c1-19(29-24-10-9-20(17-28-24)18-32-11-13-33(14-12-32)38(4,36)37)30-25-21(16-27)15-23(26(35)31(2)3)34(25)22-7-5-6-8-22/h9-10,15-17,22H,1,5-8,11-14,18,27H2,2-4H3,(H,28,29)/b21-16-,30-25+. The number of nitrogens with two attached hydrogens (primary N) is 1. The van der Waals surface area contributed by atoms with Crippen LogP contribution in [0, 0.1) is 0 Å². The lowest BCUT2D eigenvalue weighted by Crippen LogP contribution is -2.47. The van der Waals surface area contributed by atoms with Crippen molar-refractivity contribution >= 4 is 27.6 Å². The quantitative estimate of drug-likeness (QED) is 0.506. The number of nitrogens with zero attached hydrogens (tertiary/aromatic N) is 6. The Morgan fingerprint density at radius 2 is 1.92 bits per heavy atom. The zero-order valence-corrected chi connectivity index (χ0v) is 23.2. The molecule has 11 nitrogen and oxygen atoms in total. The average Bonchev–Trinajstić information content (AvgIpc) is 3.52. The fourth-order valence-electron chi connectivity index (χ4n) is 5.07. The SMILES string of the molecule is C=C(/N=C1\C(=C/N)C=C(C(=O)N(C)C)N1C1CCCC1)Nc1ccc(CN2CCN(S(C)(=O)=O)CC2)cn1. The number of hydrogen-bond donors (Lipinski definition) is 2. The highest BCUT2D eigenvalue weighted by Crippen LogP contribution is 2.34. The van der Waals surface area contributed by atoms with Crippen LogP contribution in [0.3, 0.4) is 0 Å². The number of anilines is 1. The Balaban J connectivity index is 1.42. The molecular weight excluding hydrogens is 504 g/mol. The third-order valence-corrected chi connectivity index (χ3v) is 8.38. The van der Waals surface area contributed by atoms with Crippen molar-refractivity contribution in [2.45, 2.75) is 38.3 Å². The molecule has 1 aliphatic carbocycles. The van der Waals surface area contributed by atoms with Gasteiger partial charge in [-0.05, 0) is 30.5 Å². The molecule has 1 aromatic heterocycles. The number of pyridine rings is 1. The van der Waals surface area contributed by atoms with Crippen molar-refractivity contribution in [1.29, 1.82) is 0 Å². The highest BCUT2D eigenvalue weighted by atomic mass is 32.2. The maximum atomic E-state index is 12.9. The lowest BCUT2D eigenvalue weighted by Gasteiger charge is -2.33. The molecule has 0 bridgehead atoms. The van der Waals surface area contributed by atoms with Crippen LogP contribution in [0.4, 0.5) is 5.82 Å². The zero-order valence-electron chi connectivity index (χ0n) is 22.4. The number of rotatable bonds is 8. The number of nitrogens with one attached hydrogen (secondary N) is 1. The Labute approximate surface area is 225 Å². The van der Waals surface area contributed by atoms with E-state index in [0.29, 0.717) is 61.5 Å². The molecule has 0 aromatic carbocycles. The minimum atomic E-state index is -3.14. The third kappa shape index (κ3) is 6.43. The van der Waals surface area contributed by atoms with Crippen molar-refractivity contribution in [3.63, 3.8) is 0 Å². The van der Waals surface area contributed by atoms with Gasteiger partial charge in [0.2, 0.25) is 10.0 Å². The lowest BCUT2D eigenvalue weighted by atomic mass is 10.2. The number of likely N-dealkylation sites (N-methyl/N-ethyl adjacent to an activating group) is 1. The number of carbonyl (C=O) groups is 1. The Kier molecular flexibility index (Phi) is 8.54. The molecule has 12 heteroatoms. The molecule has 1 saturated heterocycles. The maximum absolute atomic E-state index is 12.9. The van der Waals surface area contributed by atoms with E-state index in [1.54, 1.807) is 31.3 Å². The molecule has 3 aliphatic rings. The van der Waals surface area contributed by atoms with E-state index in [1.807, 2.05) is 17.0 Å². The fraction of sp³-hybridized carbons (Fsp3) is 0.500. The van der Waals surface area contributed by atoms with Gasteiger partial charge < -0.3 is 20.9 Å². The number of amides is 1. The summed E-state index contributed by atoms with van der Waals surface area (Å²) in [6, 6.07) is 4.04. The number of amidine groups is 1. The summed E-state index contributed by atoms with van der Waals surface area (Å²) in [7, 11) is 0.335. The van der Waals surface area contributed by atoms with Crippen molar-refractivity contribution in [2.24, 2.45) is 10.7 Å². The highest BCUT2D eigenvalue weighted by molar-refractivity contribution is 7.88. The molecule has 0 atom stereocenters. The Hall–Kier alpha value is -3.22. The first-order valence-electron chi connectivity index (χ1n) is 12.9. The van der Waals surface area contributed by atoms with Crippen LogP contribution in [0.1, 0.15) is 31.2 Å². The van der Waals surface area contributed by atoms with Crippen LogP contribution in [0.5, 0.6) is 0 Å². The van der Waals surface area contributed by atoms with Gasteiger partial charge in [0, 0.05) is 70.8 Å². The van der Waals surface area contributed by atoms with Crippen LogP contribution in [0.2, 0.25) is 0 Å². The summed E-state index contributed by atoms with van der Waals surface area (Å²) < 4.78 is 25.0. The topological polar surface area (TPSA) is 127 Å². The van der Waals surface area contributed by atoms with E-state index in [1.165, 1.54) is 16.8 Å².